The third-order valence-corrected chi connectivity index (χ3v) is 3.83. The zero-order chi connectivity index (χ0) is 11.0. The van der Waals surface area contributed by atoms with Gasteiger partial charge in [0.1, 0.15) is 5.82 Å². The van der Waals surface area contributed by atoms with Gasteiger partial charge in [-0.3, -0.25) is 9.36 Å². The van der Waals surface area contributed by atoms with Gasteiger partial charge in [-0.1, -0.05) is 0 Å². The van der Waals surface area contributed by atoms with Gasteiger partial charge >= 0.3 is 0 Å². The number of nitrogens with zero attached hydrogens (tertiary/aromatic N) is 1. The molecule has 2 heterocycles. The first-order chi connectivity index (χ1) is 7.08. The summed E-state index contributed by atoms with van der Waals surface area (Å²) < 4.78 is 2.46. The Kier molecular flexibility index (Phi) is 2.67. The van der Waals surface area contributed by atoms with Gasteiger partial charge in [0.15, 0.2) is 0 Å². The predicted octanol–water partition coefficient (Wildman–Crippen LogP) is 2.46. The number of thiophene rings is 1. The van der Waals surface area contributed by atoms with Gasteiger partial charge in [-0.05, 0) is 34.1 Å². The molecule has 0 saturated carbocycles. The van der Waals surface area contributed by atoms with Crippen molar-refractivity contribution >= 4 is 33.1 Å². The van der Waals surface area contributed by atoms with Crippen molar-refractivity contribution in [2.24, 2.45) is 7.05 Å². The molecular formula is C10H9BrN2OS. The second-order valence-electron chi connectivity index (χ2n) is 3.17. The van der Waals surface area contributed by atoms with Crippen LogP contribution in [-0.2, 0) is 7.05 Å². The van der Waals surface area contributed by atoms with E-state index in [2.05, 4.69) is 15.9 Å². The van der Waals surface area contributed by atoms with E-state index in [1.54, 1.807) is 30.5 Å². The zero-order valence-corrected chi connectivity index (χ0v) is 10.4. The molecule has 0 aliphatic rings. The van der Waals surface area contributed by atoms with Gasteiger partial charge in [0.2, 0.25) is 0 Å². The van der Waals surface area contributed by atoms with Crippen molar-refractivity contribution < 1.29 is 0 Å². The van der Waals surface area contributed by atoms with Gasteiger partial charge < -0.3 is 5.73 Å². The molecule has 5 heteroatoms. The Morgan fingerprint density at radius 1 is 1.40 bits per heavy atom. The first-order valence-electron chi connectivity index (χ1n) is 4.30. The third kappa shape index (κ3) is 1.98. The number of hydrogen-bond acceptors (Lipinski definition) is 3. The average Bonchev–Trinajstić information content (AvgIpc) is 2.60. The van der Waals surface area contributed by atoms with Crippen molar-refractivity contribution in [2.75, 3.05) is 5.73 Å². The van der Waals surface area contributed by atoms with Crippen molar-refractivity contribution in [1.82, 2.24) is 4.57 Å². The fourth-order valence-corrected chi connectivity index (χ4v) is 2.64. The molecule has 0 aliphatic carbocycles. The number of pyridine rings is 1. The van der Waals surface area contributed by atoms with E-state index in [-0.39, 0.29) is 5.56 Å². The summed E-state index contributed by atoms with van der Waals surface area (Å²) in [6.07, 6.45) is 0. The molecular weight excluding hydrogens is 276 g/mol. The first-order valence-corrected chi connectivity index (χ1v) is 5.91. The molecule has 15 heavy (non-hydrogen) atoms. The molecule has 0 spiro atoms. The quantitative estimate of drug-likeness (QED) is 0.875. The number of rotatable bonds is 1. The highest BCUT2D eigenvalue weighted by Gasteiger charge is 2.05. The second-order valence-corrected chi connectivity index (χ2v) is 5.63. The van der Waals surface area contributed by atoms with Gasteiger partial charge in [0.25, 0.3) is 5.56 Å². The summed E-state index contributed by atoms with van der Waals surface area (Å²) in [4.78, 5) is 12.6. The predicted molar refractivity (Wildman–Crippen MR) is 67.1 cm³/mol. The molecule has 0 amide bonds. The van der Waals surface area contributed by atoms with Crippen LogP contribution in [0.4, 0.5) is 5.82 Å². The minimum absolute atomic E-state index is 0.0884. The zero-order valence-electron chi connectivity index (χ0n) is 8.03. The monoisotopic (exact) mass is 284 g/mol. The lowest BCUT2D eigenvalue weighted by Crippen LogP contribution is -2.18. The summed E-state index contributed by atoms with van der Waals surface area (Å²) in [5.41, 5.74) is 6.50. The van der Waals surface area contributed by atoms with E-state index >= 15 is 0 Å². The maximum atomic E-state index is 11.5. The number of nitrogen functional groups attached to an aromatic ring is 1. The van der Waals surface area contributed by atoms with Gasteiger partial charge in [0, 0.05) is 23.6 Å². The van der Waals surface area contributed by atoms with Crippen LogP contribution in [0.1, 0.15) is 0 Å². The Balaban J connectivity index is 2.60. The molecule has 2 aromatic rings. The van der Waals surface area contributed by atoms with Crippen LogP contribution < -0.4 is 11.3 Å². The summed E-state index contributed by atoms with van der Waals surface area (Å²) in [6, 6.07) is 7.31. The highest BCUT2D eigenvalue weighted by molar-refractivity contribution is 9.11. The molecule has 3 nitrogen and oxygen atoms in total. The van der Waals surface area contributed by atoms with E-state index in [4.69, 9.17) is 5.73 Å². The fraction of sp³-hybridized carbons (Fsp3) is 0.100. The molecule has 2 N–H and O–H groups in total. The SMILES string of the molecule is Cn1c(N)cc(-c2ccc(Br)s2)cc1=O. The van der Waals surface area contributed by atoms with Crippen LogP contribution in [0.2, 0.25) is 0 Å². The fourth-order valence-electron chi connectivity index (χ4n) is 1.27. The number of nitrogens with two attached hydrogens (primary N) is 1. The van der Waals surface area contributed by atoms with Crippen LogP contribution in [-0.4, -0.2) is 4.57 Å². The van der Waals surface area contributed by atoms with E-state index in [0.717, 1.165) is 14.2 Å². The maximum Gasteiger partial charge on any atom is 0.252 e. The Hall–Kier alpha value is -1.07. The Morgan fingerprint density at radius 3 is 2.67 bits per heavy atom. The van der Waals surface area contributed by atoms with Crippen LogP contribution >= 0.6 is 27.3 Å². The summed E-state index contributed by atoms with van der Waals surface area (Å²) >= 11 is 4.96. The number of aromatic nitrogens is 1. The number of anilines is 1. The molecule has 0 bridgehead atoms. The van der Waals surface area contributed by atoms with Crippen molar-refractivity contribution in [3.8, 4) is 10.4 Å². The molecule has 0 radical (unpaired) electrons. The van der Waals surface area contributed by atoms with Crippen molar-refractivity contribution in [2.45, 2.75) is 0 Å². The first kappa shape index (κ1) is 10.4. The van der Waals surface area contributed by atoms with Gasteiger partial charge in [-0.15, -0.1) is 11.3 Å². The molecule has 2 rings (SSSR count). The van der Waals surface area contributed by atoms with E-state index in [1.165, 1.54) is 4.57 Å². The maximum absolute atomic E-state index is 11.5. The van der Waals surface area contributed by atoms with Crippen LogP contribution in [0.3, 0.4) is 0 Å². The Bertz CT molecular complexity index is 559. The summed E-state index contributed by atoms with van der Waals surface area (Å²) in [7, 11) is 1.66. The van der Waals surface area contributed by atoms with E-state index in [0.29, 0.717) is 5.82 Å². The van der Waals surface area contributed by atoms with Crippen LogP contribution in [0, 0.1) is 0 Å². The van der Waals surface area contributed by atoms with Gasteiger partial charge in [-0.25, -0.2) is 0 Å². The Labute approximate surface area is 99.3 Å². The number of halogens is 1. The van der Waals surface area contributed by atoms with E-state index < -0.39 is 0 Å². The third-order valence-electron chi connectivity index (χ3n) is 2.16. The van der Waals surface area contributed by atoms with Crippen LogP contribution in [0.25, 0.3) is 10.4 Å². The summed E-state index contributed by atoms with van der Waals surface area (Å²) in [6.45, 7) is 0. The van der Waals surface area contributed by atoms with Crippen LogP contribution in [0.5, 0.6) is 0 Å². The van der Waals surface area contributed by atoms with E-state index in [1.807, 2.05) is 12.1 Å². The highest BCUT2D eigenvalue weighted by Crippen LogP contribution is 2.31. The normalized spacial score (nSPS) is 10.5. The lowest BCUT2D eigenvalue weighted by atomic mass is 10.2. The minimum atomic E-state index is -0.0884. The lowest BCUT2D eigenvalue weighted by Gasteiger charge is -2.04. The highest BCUT2D eigenvalue weighted by atomic mass is 79.9. The summed E-state index contributed by atoms with van der Waals surface area (Å²) in [5.74, 6) is 0.474. The Morgan fingerprint density at radius 2 is 2.13 bits per heavy atom. The van der Waals surface area contributed by atoms with Crippen molar-refractivity contribution in [3.05, 3.63) is 38.4 Å². The molecule has 0 unspecified atom stereocenters. The van der Waals surface area contributed by atoms with E-state index in [9.17, 15) is 4.79 Å². The molecule has 78 valence electrons. The molecule has 0 atom stereocenters. The van der Waals surface area contributed by atoms with Gasteiger partial charge in [0.05, 0.1) is 3.79 Å². The summed E-state index contributed by atoms with van der Waals surface area (Å²) in [5, 5.41) is 0. The van der Waals surface area contributed by atoms with Crippen molar-refractivity contribution in [3.63, 3.8) is 0 Å². The molecule has 0 aliphatic heterocycles. The standard InChI is InChI=1S/C10H9BrN2OS/c1-13-9(12)4-6(5-10(13)14)7-2-3-8(11)15-7/h2-5H,12H2,1H3. The molecule has 0 aromatic carbocycles. The average molecular weight is 285 g/mol. The second kappa shape index (κ2) is 3.83. The topological polar surface area (TPSA) is 48.0 Å². The largest absolute Gasteiger partial charge is 0.385 e. The van der Waals surface area contributed by atoms with Crippen molar-refractivity contribution in [1.29, 1.82) is 0 Å². The van der Waals surface area contributed by atoms with Gasteiger partial charge in [-0.2, -0.15) is 0 Å². The molecule has 2 aromatic heterocycles. The lowest BCUT2D eigenvalue weighted by molar-refractivity contribution is 0.876. The molecule has 0 saturated heterocycles. The minimum Gasteiger partial charge on any atom is -0.385 e. The smallest absolute Gasteiger partial charge is 0.252 e. The van der Waals surface area contributed by atoms with Crippen LogP contribution in [0.15, 0.2) is 32.8 Å². The number of hydrogen-bond donors (Lipinski definition) is 1. The molecule has 0 fully saturated rings.